The number of nitrogens with zero attached hydrogens (tertiary/aromatic N) is 2. The van der Waals surface area contributed by atoms with E-state index in [4.69, 9.17) is 0 Å². The number of carboxylic acid groups (broad SMARTS) is 1. The third-order valence-corrected chi connectivity index (χ3v) is 3.49. The molecule has 2 aromatic rings. The number of hydrogen-bond donors (Lipinski definition) is 1. The van der Waals surface area contributed by atoms with Crippen LogP contribution >= 0.6 is 0 Å². The van der Waals surface area contributed by atoms with Gasteiger partial charge in [0.05, 0.1) is 11.1 Å². The fourth-order valence-electron chi connectivity index (χ4n) is 2.40. The van der Waals surface area contributed by atoms with Gasteiger partial charge in [-0.3, -0.25) is 0 Å². The van der Waals surface area contributed by atoms with E-state index in [0.717, 1.165) is 24.3 Å². The Morgan fingerprint density at radius 2 is 2.00 bits per heavy atom. The average Bonchev–Trinajstić information content (AvgIpc) is 2.74. The minimum atomic E-state index is -0.917. The highest BCUT2D eigenvalue weighted by Crippen LogP contribution is 2.25. The fourth-order valence-corrected chi connectivity index (χ4v) is 2.40. The van der Waals surface area contributed by atoms with Crippen LogP contribution in [0.1, 0.15) is 56.2 Å². The predicted octanol–water partition coefficient (Wildman–Crippen LogP) is 3.90. The number of rotatable bonds is 5. The first-order valence-electron chi connectivity index (χ1n) is 7.14. The number of hydrogen-bond acceptors (Lipinski definition) is 2. The summed E-state index contributed by atoms with van der Waals surface area (Å²) in [7, 11) is 0. The molecule has 108 valence electrons. The second-order valence-corrected chi connectivity index (χ2v) is 5.94. The van der Waals surface area contributed by atoms with Crippen molar-refractivity contribution < 1.29 is 9.90 Å². The van der Waals surface area contributed by atoms with Crippen molar-refractivity contribution in [3.8, 4) is 0 Å². The van der Waals surface area contributed by atoms with Gasteiger partial charge in [0.15, 0.2) is 0 Å². The molecule has 0 radical (unpaired) electrons. The van der Waals surface area contributed by atoms with Crippen LogP contribution in [-0.4, -0.2) is 20.6 Å². The first-order valence-corrected chi connectivity index (χ1v) is 7.14. The van der Waals surface area contributed by atoms with Gasteiger partial charge >= 0.3 is 5.97 Å². The normalized spacial score (nSPS) is 11.7. The average molecular weight is 274 g/mol. The van der Waals surface area contributed by atoms with Crippen molar-refractivity contribution in [2.45, 2.75) is 46.6 Å². The maximum Gasteiger partial charge on any atom is 0.337 e. The molecule has 0 aliphatic rings. The quantitative estimate of drug-likeness (QED) is 0.899. The SMILES string of the molecule is CC(C)CCn1c(C(C)C)nc2c(C(=O)O)cccc21. The van der Waals surface area contributed by atoms with Crippen LogP contribution in [0, 0.1) is 5.92 Å². The Morgan fingerprint density at radius 3 is 2.55 bits per heavy atom. The van der Waals surface area contributed by atoms with Crippen LogP contribution in [0.3, 0.4) is 0 Å². The highest BCUT2D eigenvalue weighted by molar-refractivity contribution is 6.01. The van der Waals surface area contributed by atoms with Gasteiger partial charge in [0.25, 0.3) is 0 Å². The minimum absolute atomic E-state index is 0.274. The van der Waals surface area contributed by atoms with Crippen molar-refractivity contribution in [2.75, 3.05) is 0 Å². The largest absolute Gasteiger partial charge is 0.478 e. The lowest BCUT2D eigenvalue weighted by molar-refractivity contribution is 0.0699. The summed E-state index contributed by atoms with van der Waals surface area (Å²) in [5.74, 6) is 0.931. The zero-order valence-electron chi connectivity index (χ0n) is 12.6. The molecule has 1 aromatic heterocycles. The monoisotopic (exact) mass is 274 g/mol. The van der Waals surface area contributed by atoms with Crippen molar-refractivity contribution in [3.63, 3.8) is 0 Å². The topological polar surface area (TPSA) is 55.1 Å². The van der Waals surface area contributed by atoms with Gasteiger partial charge in [0.1, 0.15) is 11.3 Å². The van der Waals surface area contributed by atoms with E-state index in [0.29, 0.717) is 11.4 Å². The van der Waals surface area contributed by atoms with E-state index in [-0.39, 0.29) is 11.5 Å². The molecule has 0 fully saturated rings. The summed E-state index contributed by atoms with van der Waals surface area (Å²) >= 11 is 0. The maximum atomic E-state index is 11.3. The van der Waals surface area contributed by atoms with Crippen LogP contribution in [0.5, 0.6) is 0 Å². The van der Waals surface area contributed by atoms with Crippen molar-refractivity contribution >= 4 is 17.0 Å². The molecule has 0 amide bonds. The van der Waals surface area contributed by atoms with Crippen molar-refractivity contribution in [3.05, 3.63) is 29.6 Å². The molecule has 1 N–H and O–H groups in total. The smallest absolute Gasteiger partial charge is 0.337 e. The van der Waals surface area contributed by atoms with Gasteiger partial charge in [-0.05, 0) is 24.5 Å². The number of fused-ring (bicyclic) bond motifs is 1. The molecule has 0 spiro atoms. The molecule has 1 aromatic carbocycles. The lowest BCUT2D eigenvalue weighted by atomic mass is 10.1. The van der Waals surface area contributed by atoms with Crippen molar-refractivity contribution in [1.29, 1.82) is 0 Å². The summed E-state index contributed by atoms with van der Waals surface area (Å²) < 4.78 is 2.17. The Labute approximate surface area is 119 Å². The van der Waals surface area contributed by atoms with E-state index in [1.165, 1.54) is 0 Å². The molecule has 0 saturated heterocycles. The molecule has 0 atom stereocenters. The Balaban J connectivity index is 2.60. The van der Waals surface area contributed by atoms with Gasteiger partial charge in [-0.2, -0.15) is 0 Å². The van der Waals surface area contributed by atoms with Crippen LogP contribution in [0.25, 0.3) is 11.0 Å². The van der Waals surface area contributed by atoms with Gasteiger partial charge in [-0.25, -0.2) is 9.78 Å². The van der Waals surface area contributed by atoms with Crippen LogP contribution in [0.15, 0.2) is 18.2 Å². The predicted molar refractivity (Wildman–Crippen MR) is 80.2 cm³/mol. The van der Waals surface area contributed by atoms with Gasteiger partial charge < -0.3 is 9.67 Å². The molecular weight excluding hydrogens is 252 g/mol. The Bertz CT molecular complexity index is 627. The highest BCUT2D eigenvalue weighted by atomic mass is 16.4. The number of benzene rings is 1. The van der Waals surface area contributed by atoms with Crippen LogP contribution in [0.2, 0.25) is 0 Å². The minimum Gasteiger partial charge on any atom is -0.478 e. The second kappa shape index (κ2) is 5.65. The molecule has 0 aliphatic heterocycles. The molecule has 4 nitrogen and oxygen atoms in total. The summed E-state index contributed by atoms with van der Waals surface area (Å²) in [6, 6.07) is 5.37. The molecule has 1 heterocycles. The van der Waals surface area contributed by atoms with Gasteiger partial charge in [-0.15, -0.1) is 0 Å². The number of para-hydroxylation sites is 1. The number of carboxylic acids is 1. The van der Waals surface area contributed by atoms with Gasteiger partial charge in [0, 0.05) is 12.5 Å². The number of aromatic nitrogens is 2. The van der Waals surface area contributed by atoms with Crippen molar-refractivity contribution in [1.82, 2.24) is 9.55 Å². The van der Waals surface area contributed by atoms with E-state index < -0.39 is 5.97 Å². The van der Waals surface area contributed by atoms with Crippen LogP contribution in [0.4, 0.5) is 0 Å². The van der Waals surface area contributed by atoms with Crippen LogP contribution < -0.4 is 0 Å². The standard InChI is InChI=1S/C16H22N2O2/c1-10(2)8-9-18-13-7-5-6-12(16(19)20)14(13)17-15(18)11(3)4/h5-7,10-11H,8-9H2,1-4H3,(H,19,20). The molecule has 0 unspecified atom stereocenters. The Hall–Kier alpha value is -1.84. The summed E-state index contributed by atoms with van der Waals surface area (Å²) in [6.45, 7) is 9.44. The zero-order valence-corrected chi connectivity index (χ0v) is 12.6. The zero-order chi connectivity index (χ0) is 14.9. The van der Waals surface area contributed by atoms with E-state index in [9.17, 15) is 9.90 Å². The lowest BCUT2D eigenvalue weighted by Crippen LogP contribution is -2.07. The van der Waals surface area contributed by atoms with E-state index >= 15 is 0 Å². The number of aromatic carboxylic acids is 1. The second-order valence-electron chi connectivity index (χ2n) is 5.94. The number of imidazole rings is 1. The van der Waals surface area contributed by atoms with E-state index in [1.807, 2.05) is 6.07 Å². The maximum absolute atomic E-state index is 11.3. The fraction of sp³-hybridized carbons (Fsp3) is 0.500. The highest BCUT2D eigenvalue weighted by Gasteiger charge is 2.18. The molecular formula is C16H22N2O2. The molecule has 4 heteroatoms. The van der Waals surface area contributed by atoms with E-state index in [2.05, 4.69) is 37.2 Å². The molecule has 20 heavy (non-hydrogen) atoms. The molecule has 0 saturated carbocycles. The third-order valence-electron chi connectivity index (χ3n) is 3.49. The van der Waals surface area contributed by atoms with Gasteiger partial charge in [-0.1, -0.05) is 33.8 Å². The summed E-state index contributed by atoms with van der Waals surface area (Å²) in [6.07, 6.45) is 1.06. The third kappa shape index (κ3) is 2.69. The Morgan fingerprint density at radius 1 is 1.30 bits per heavy atom. The number of carbonyl (C=O) groups is 1. The molecule has 0 bridgehead atoms. The Kier molecular flexibility index (Phi) is 4.12. The summed E-state index contributed by atoms with van der Waals surface area (Å²) in [4.78, 5) is 15.9. The summed E-state index contributed by atoms with van der Waals surface area (Å²) in [5, 5.41) is 9.29. The lowest BCUT2D eigenvalue weighted by Gasteiger charge is -2.12. The molecule has 0 aliphatic carbocycles. The number of aryl methyl sites for hydroxylation is 1. The van der Waals surface area contributed by atoms with Crippen molar-refractivity contribution in [2.24, 2.45) is 5.92 Å². The van der Waals surface area contributed by atoms with E-state index in [1.54, 1.807) is 12.1 Å². The first kappa shape index (κ1) is 14.6. The summed E-state index contributed by atoms with van der Waals surface area (Å²) in [5.41, 5.74) is 1.81. The van der Waals surface area contributed by atoms with Gasteiger partial charge in [0.2, 0.25) is 0 Å². The first-order chi connectivity index (χ1) is 9.41. The van der Waals surface area contributed by atoms with Crippen LogP contribution in [-0.2, 0) is 6.54 Å². The molecule has 2 rings (SSSR count).